The Labute approximate surface area is 106 Å². The van der Waals surface area contributed by atoms with Gasteiger partial charge < -0.3 is 15.2 Å². The van der Waals surface area contributed by atoms with Gasteiger partial charge in [-0.3, -0.25) is 4.72 Å². The van der Waals surface area contributed by atoms with Crippen molar-refractivity contribution in [2.75, 3.05) is 32.0 Å². The average molecular weight is 275 g/mol. The summed E-state index contributed by atoms with van der Waals surface area (Å²) in [5, 5.41) is 0. The Balaban J connectivity index is 2.85. The molecule has 0 unspecified atom stereocenters. The highest BCUT2D eigenvalue weighted by Crippen LogP contribution is 2.29. The maximum absolute atomic E-state index is 11.6. The summed E-state index contributed by atoms with van der Waals surface area (Å²) < 4.78 is 37.9. The largest absolute Gasteiger partial charge is 0.493 e. The molecule has 0 fully saturated rings. The molecule has 1 rings (SSSR count). The van der Waals surface area contributed by atoms with Crippen LogP contribution in [0.4, 0.5) is 5.69 Å². The molecule has 0 atom stereocenters. The molecule has 0 saturated carbocycles. The molecule has 1 aromatic carbocycles. The van der Waals surface area contributed by atoms with E-state index in [-0.39, 0.29) is 13.1 Å². The summed E-state index contributed by atoms with van der Waals surface area (Å²) in [6, 6.07) is 4.71. The third-order valence-corrected chi connectivity index (χ3v) is 3.16. The lowest BCUT2D eigenvalue weighted by atomic mass is 10.3. The van der Waals surface area contributed by atoms with Crippen molar-refractivity contribution in [3.63, 3.8) is 0 Å². The van der Waals surface area contributed by atoms with Gasteiger partial charge in [0.15, 0.2) is 11.5 Å². The zero-order valence-corrected chi connectivity index (χ0v) is 11.1. The van der Waals surface area contributed by atoms with Crippen molar-refractivity contribution in [2.45, 2.75) is 0 Å². The molecule has 102 valence electrons. The summed E-state index contributed by atoms with van der Waals surface area (Å²) in [6.45, 7) is 0.398. The van der Waals surface area contributed by atoms with Crippen molar-refractivity contribution in [3.05, 3.63) is 18.2 Å². The highest BCUT2D eigenvalue weighted by atomic mass is 32.2. The molecule has 1 aromatic rings. The molecule has 18 heavy (non-hydrogen) atoms. The molecule has 0 saturated heterocycles. The minimum Gasteiger partial charge on any atom is -0.493 e. The van der Waals surface area contributed by atoms with Crippen LogP contribution in [0.2, 0.25) is 0 Å². The van der Waals surface area contributed by atoms with E-state index in [1.807, 2.05) is 0 Å². The van der Waals surface area contributed by atoms with Gasteiger partial charge in [-0.15, -0.1) is 0 Å². The Morgan fingerprint density at radius 1 is 1.22 bits per heavy atom. The quantitative estimate of drug-likeness (QED) is 0.645. The van der Waals surface area contributed by atoms with Gasteiger partial charge in [-0.2, -0.15) is 13.1 Å². The van der Waals surface area contributed by atoms with Gasteiger partial charge in [0.25, 0.3) is 10.2 Å². The molecule has 0 aromatic heterocycles. The van der Waals surface area contributed by atoms with Crippen molar-refractivity contribution in [3.8, 4) is 11.5 Å². The Morgan fingerprint density at radius 2 is 1.89 bits per heavy atom. The number of nitrogens with one attached hydrogen (secondary N) is 2. The van der Waals surface area contributed by atoms with E-state index in [9.17, 15) is 8.42 Å². The molecule has 0 bridgehead atoms. The van der Waals surface area contributed by atoms with Crippen LogP contribution in [-0.2, 0) is 10.2 Å². The molecule has 0 heterocycles. The normalized spacial score (nSPS) is 11.1. The van der Waals surface area contributed by atoms with Crippen LogP contribution in [0.25, 0.3) is 0 Å². The highest BCUT2D eigenvalue weighted by molar-refractivity contribution is 7.90. The van der Waals surface area contributed by atoms with Crippen LogP contribution < -0.4 is 24.7 Å². The molecule has 0 aliphatic carbocycles. The number of nitrogens with two attached hydrogens (primary N) is 1. The van der Waals surface area contributed by atoms with E-state index in [1.54, 1.807) is 12.1 Å². The number of hydrogen-bond donors (Lipinski definition) is 3. The molecule has 0 aliphatic heterocycles. The predicted molar refractivity (Wildman–Crippen MR) is 69.1 cm³/mol. The third-order valence-electron chi connectivity index (χ3n) is 2.07. The fraction of sp³-hybridized carbons (Fsp3) is 0.400. The van der Waals surface area contributed by atoms with E-state index >= 15 is 0 Å². The smallest absolute Gasteiger partial charge is 0.299 e. The maximum atomic E-state index is 11.6. The summed E-state index contributed by atoms with van der Waals surface area (Å²) in [6.07, 6.45) is 0. The van der Waals surface area contributed by atoms with Crippen LogP contribution in [0, 0.1) is 0 Å². The van der Waals surface area contributed by atoms with Crippen LogP contribution in [-0.4, -0.2) is 35.7 Å². The summed E-state index contributed by atoms with van der Waals surface area (Å²) in [7, 11) is -0.638. The molecular weight excluding hydrogens is 258 g/mol. The van der Waals surface area contributed by atoms with Gasteiger partial charge in [0, 0.05) is 19.2 Å². The lowest BCUT2D eigenvalue weighted by molar-refractivity contribution is 0.355. The first-order valence-electron chi connectivity index (χ1n) is 5.22. The molecule has 4 N–H and O–H groups in total. The van der Waals surface area contributed by atoms with E-state index in [2.05, 4.69) is 9.44 Å². The lowest BCUT2D eigenvalue weighted by Crippen LogP contribution is -2.33. The standard InChI is InChI=1S/C10H17N3O4S/c1-16-9-4-3-8(7-10(9)17-2)13-18(14,15)12-6-5-11/h3-4,7,12-13H,5-6,11H2,1-2H3. The number of ether oxygens (including phenoxy) is 2. The van der Waals surface area contributed by atoms with Gasteiger partial charge >= 0.3 is 0 Å². The highest BCUT2D eigenvalue weighted by Gasteiger charge is 2.11. The fourth-order valence-corrected chi connectivity index (χ4v) is 2.18. The van der Waals surface area contributed by atoms with E-state index in [0.717, 1.165) is 0 Å². The van der Waals surface area contributed by atoms with Crippen LogP contribution >= 0.6 is 0 Å². The van der Waals surface area contributed by atoms with Crippen molar-refractivity contribution in [2.24, 2.45) is 5.73 Å². The number of methoxy groups -OCH3 is 2. The number of rotatable bonds is 7. The van der Waals surface area contributed by atoms with Crippen molar-refractivity contribution < 1.29 is 17.9 Å². The summed E-state index contributed by atoms with van der Waals surface area (Å²) in [4.78, 5) is 0. The second kappa shape index (κ2) is 6.43. The zero-order chi connectivity index (χ0) is 13.6. The van der Waals surface area contributed by atoms with E-state index < -0.39 is 10.2 Å². The molecule has 7 nitrogen and oxygen atoms in total. The van der Waals surface area contributed by atoms with Gasteiger partial charge in [-0.1, -0.05) is 0 Å². The maximum Gasteiger partial charge on any atom is 0.299 e. The molecule has 0 radical (unpaired) electrons. The van der Waals surface area contributed by atoms with Gasteiger partial charge in [0.1, 0.15) is 0 Å². The van der Waals surface area contributed by atoms with E-state index in [4.69, 9.17) is 15.2 Å². The van der Waals surface area contributed by atoms with Crippen molar-refractivity contribution in [1.82, 2.24) is 4.72 Å². The Hall–Kier alpha value is -1.51. The van der Waals surface area contributed by atoms with E-state index in [0.29, 0.717) is 17.2 Å². The lowest BCUT2D eigenvalue weighted by Gasteiger charge is -2.12. The van der Waals surface area contributed by atoms with Gasteiger partial charge in [-0.05, 0) is 12.1 Å². The second-order valence-electron chi connectivity index (χ2n) is 3.36. The number of hydrogen-bond acceptors (Lipinski definition) is 5. The molecule has 0 aliphatic rings. The van der Waals surface area contributed by atoms with Crippen LogP contribution in [0.1, 0.15) is 0 Å². The summed E-state index contributed by atoms with van der Waals surface area (Å²) >= 11 is 0. The SMILES string of the molecule is COc1ccc(NS(=O)(=O)NCCN)cc1OC. The van der Waals surface area contributed by atoms with Crippen LogP contribution in [0.15, 0.2) is 18.2 Å². The molecule has 0 amide bonds. The summed E-state index contributed by atoms with van der Waals surface area (Å²) in [5.41, 5.74) is 5.59. The summed E-state index contributed by atoms with van der Waals surface area (Å²) in [5.74, 6) is 0.965. The molecule has 8 heteroatoms. The molecular formula is C10H17N3O4S. The predicted octanol–water partition coefficient (Wildman–Crippen LogP) is -0.0912. The van der Waals surface area contributed by atoms with Crippen LogP contribution in [0.5, 0.6) is 11.5 Å². The van der Waals surface area contributed by atoms with Gasteiger partial charge in [0.2, 0.25) is 0 Å². The number of benzene rings is 1. The average Bonchev–Trinajstić information content (AvgIpc) is 2.35. The van der Waals surface area contributed by atoms with E-state index in [1.165, 1.54) is 20.3 Å². The van der Waals surface area contributed by atoms with Gasteiger partial charge in [-0.25, -0.2) is 0 Å². The molecule has 0 spiro atoms. The first-order valence-corrected chi connectivity index (χ1v) is 6.70. The van der Waals surface area contributed by atoms with Crippen molar-refractivity contribution >= 4 is 15.9 Å². The van der Waals surface area contributed by atoms with Gasteiger partial charge in [0.05, 0.1) is 19.9 Å². The zero-order valence-electron chi connectivity index (χ0n) is 10.3. The Morgan fingerprint density at radius 3 is 2.44 bits per heavy atom. The van der Waals surface area contributed by atoms with Crippen molar-refractivity contribution in [1.29, 1.82) is 0 Å². The Kier molecular flexibility index (Phi) is 5.20. The Bertz CT molecular complexity index is 490. The fourth-order valence-electron chi connectivity index (χ4n) is 1.28. The topological polar surface area (TPSA) is 103 Å². The third kappa shape index (κ3) is 4.06. The monoisotopic (exact) mass is 275 g/mol. The minimum atomic E-state index is -3.62. The first kappa shape index (κ1) is 14.6. The minimum absolute atomic E-state index is 0.169. The van der Waals surface area contributed by atoms with Crippen LogP contribution in [0.3, 0.4) is 0 Å². The second-order valence-corrected chi connectivity index (χ2v) is 4.86. The first-order chi connectivity index (χ1) is 8.52. The number of anilines is 1.